The van der Waals surface area contributed by atoms with Crippen LogP contribution in [0, 0.1) is 0 Å². The van der Waals surface area contributed by atoms with E-state index in [0.717, 1.165) is 4.88 Å². The van der Waals surface area contributed by atoms with Gasteiger partial charge in [-0.25, -0.2) is 4.79 Å². The van der Waals surface area contributed by atoms with Gasteiger partial charge < -0.3 is 14.9 Å². The first-order valence-corrected chi connectivity index (χ1v) is 7.74. The normalized spacial score (nSPS) is 18.1. The van der Waals surface area contributed by atoms with Gasteiger partial charge in [0.25, 0.3) is 0 Å². The molecule has 1 aromatic carbocycles. The molecule has 2 N–H and O–H groups in total. The molecule has 1 aliphatic rings. The number of benzene rings is 1. The van der Waals surface area contributed by atoms with Crippen molar-refractivity contribution in [1.82, 2.24) is 0 Å². The molecule has 2 heterocycles. The van der Waals surface area contributed by atoms with Crippen molar-refractivity contribution >= 4 is 40.5 Å². The molecule has 0 aliphatic carbocycles. The highest BCUT2D eigenvalue weighted by molar-refractivity contribution is 7.10. The van der Waals surface area contributed by atoms with Gasteiger partial charge in [0.05, 0.1) is 5.02 Å². The zero-order valence-corrected chi connectivity index (χ0v) is 12.9. The lowest BCUT2D eigenvalue weighted by Crippen LogP contribution is -2.24. The van der Waals surface area contributed by atoms with Crippen molar-refractivity contribution in [2.45, 2.75) is 18.6 Å². The SMILES string of the molecule is O=C(O)C1Cc2cc(C(O)c3cccs3)c(Cl)c(Cl)c2O1. The number of carboxylic acids is 1. The zero-order valence-electron chi connectivity index (χ0n) is 10.5. The summed E-state index contributed by atoms with van der Waals surface area (Å²) in [4.78, 5) is 11.8. The highest BCUT2D eigenvalue weighted by Crippen LogP contribution is 2.45. The van der Waals surface area contributed by atoms with Gasteiger partial charge in [-0.2, -0.15) is 0 Å². The number of carboxylic acid groups (broad SMARTS) is 1. The Morgan fingerprint density at radius 2 is 2.19 bits per heavy atom. The van der Waals surface area contributed by atoms with Gasteiger partial charge in [0.15, 0.2) is 6.10 Å². The van der Waals surface area contributed by atoms with E-state index in [4.69, 9.17) is 33.0 Å². The third kappa shape index (κ3) is 2.51. The molecular formula is C14H10Cl2O4S. The maximum Gasteiger partial charge on any atom is 0.345 e. The second kappa shape index (κ2) is 5.50. The van der Waals surface area contributed by atoms with Crippen LogP contribution in [0.1, 0.15) is 22.1 Å². The number of hydrogen-bond donors (Lipinski definition) is 2. The molecule has 0 radical (unpaired) electrons. The minimum Gasteiger partial charge on any atom is -0.478 e. The van der Waals surface area contributed by atoms with Crippen LogP contribution in [0.3, 0.4) is 0 Å². The molecule has 0 saturated heterocycles. The van der Waals surface area contributed by atoms with Crippen LogP contribution in [0.2, 0.25) is 10.0 Å². The van der Waals surface area contributed by atoms with E-state index in [2.05, 4.69) is 0 Å². The van der Waals surface area contributed by atoms with E-state index in [0.29, 0.717) is 11.1 Å². The number of aliphatic hydroxyl groups is 1. The summed E-state index contributed by atoms with van der Waals surface area (Å²) in [5.41, 5.74) is 1.10. The molecule has 1 aromatic heterocycles. The Bertz CT molecular complexity index is 699. The fourth-order valence-electron chi connectivity index (χ4n) is 2.28. The molecule has 0 spiro atoms. The summed E-state index contributed by atoms with van der Waals surface area (Å²) in [5.74, 6) is -0.769. The predicted octanol–water partition coefficient (Wildman–Crippen LogP) is 3.52. The average Bonchev–Trinajstić information content (AvgIpc) is 3.10. The monoisotopic (exact) mass is 344 g/mol. The first kappa shape index (κ1) is 14.7. The van der Waals surface area contributed by atoms with Crippen LogP contribution < -0.4 is 4.74 Å². The van der Waals surface area contributed by atoms with E-state index in [-0.39, 0.29) is 22.2 Å². The van der Waals surface area contributed by atoms with Gasteiger partial charge in [-0.05, 0) is 17.5 Å². The molecule has 0 saturated carbocycles. The summed E-state index contributed by atoms with van der Waals surface area (Å²) in [6, 6.07) is 5.29. The number of thiophene rings is 1. The standard InChI is InChI=1S/C14H10Cl2O4S/c15-10-7(12(17)9-2-1-3-21-9)4-6-5-8(14(18)19)20-13(6)11(10)16/h1-4,8,12,17H,5H2,(H,18,19). The molecule has 3 rings (SSSR count). The maximum atomic E-state index is 11.0. The predicted molar refractivity (Wildman–Crippen MR) is 80.6 cm³/mol. The van der Waals surface area contributed by atoms with Gasteiger partial charge in [0.1, 0.15) is 16.9 Å². The molecule has 2 atom stereocenters. The van der Waals surface area contributed by atoms with Crippen LogP contribution in [0.25, 0.3) is 0 Å². The van der Waals surface area contributed by atoms with Gasteiger partial charge in [-0.3, -0.25) is 0 Å². The highest BCUT2D eigenvalue weighted by atomic mass is 35.5. The maximum absolute atomic E-state index is 11.0. The van der Waals surface area contributed by atoms with E-state index >= 15 is 0 Å². The Morgan fingerprint density at radius 1 is 1.43 bits per heavy atom. The van der Waals surface area contributed by atoms with Crippen molar-refractivity contribution in [3.8, 4) is 5.75 Å². The fourth-order valence-corrected chi connectivity index (χ4v) is 3.53. The van der Waals surface area contributed by atoms with Crippen LogP contribution in [0.4, 0.5) is 0 Å². The average molecular weight is 345 g/mol. The minimum absolute atomic E-state index is 0.142. The molecule has 21 heavy (non-hydrogen) atoms. The Balaban J connectivity index is 2.04. The second-order valence-electron chi connectivity index (χ2n) is 4.65. The Kier molecular flexibility index (Phi) is 3.84. The largest absolute Gasteiger partial charge is 0.478 e. The van der Waals surface area contributed by atoms with E-state index in [1.165, 1.54) is 11.3 Å². The van der Waals surface area contributed by atoms with Gasteiger partial charge in [-0.15, -0.1) is 11.3 Å². The molecule has 0 bridgehead atoms. The van der Waals surface area contributed by atoms with Crippen molar-refractivity contribution in [3.63, 3.8) is 0 Å². The molecule has 0 fully saturated rings. The molecule has 4 nitrogen and oxygen atoms in total. The van der Waals surface area contributed by atoms with Crippen LogP contribution in [0.15, 0.2) is 23.6 Å². The first-order valence-electron chi connectivity index (χ1n) is 6.10. The number of fused-ring (bicyclic) bond motifs is 1. The third-order valence-electron chi connectivity index (χ3n) is 3.32. The topological polar surface area (TPSA) is 66.8 Å². The molecule has 7 heteroatoms. The van der Waals surface area contributed by atoms with E-state index in [9.17, 15) is 9.90 Å². The van der Waals surface area contributed by atoms with Gasteiger partial charge in [0, 0.05) is 22.4 Å². The lowest BCUT2D eigenvalue weighted by molar-refractivity contribution is -0.144. The van der Waals surface area contributed by atoms with E-state index in [1.807, 2.05) is 11.4 Å². The Labute approximate surface area is 134 Å². The van der Waals surface area contributed by atoms with E-state index in [1.54, 1.807) is 12.1 Å². The summed E-state index contributed by atoms with van der Waals surface area (Å²) in [6.45, 7) is 0. The smallest absolute Gasteiger partial charge is 0.345 e. The second-order valence-corrected chi connectivity index (χ2v) is 6.38. The van der Waals surface area contributed by atoms with Crippen LogP contribution in [-0.2, 0) is 11.2 Å². The van der Waals surface area contributed by atoms with Crippen LogP contribution in [0.5, 0.6) is 5.75 Å². The minimum atomic E-state index is -1.06. The van der Waals surface area contributed by atoms with Crippen LogP contribution >= 0.6 is 34.5 Å². The molecule has 2 aromatic rings. The Morgan fingerprint density at radius 3 is 2.81 bits per heavy atom. The molecule has 1 aliphatic heterocycles. The summed E-state index contributed by atoms with van der Waals surface area (Å²) < 4.78 is 5.31. The molecule has 2 unspecified atom stereocenters. The number of hydrogen-bond acceptors (Lipinski definition) is 4. The Hall–Kier alpha value is -1.27. The summed E-state index contributed by atoms with van der Waals surface area (Å²) >= 11 is 13.8. The zero-order chi connectivity index (χ0) is 15.1. The van der Waals surface area contributed by atoms with Crippen molar-refractivity contribution in [3.05, 3.63) is 49.6 Å². The molecular weight excluding hydrogens is 335 g/mol. The number of rotatable bonds is 3. The fraction of sp³-hybridized carbons (Fsp3) is 0.214. The quantitative estimate of drug-likeness (QED) is 0.893. The summed E-state index contributed by atoms with van der Waals surface area (Å²) in [6.07, 6.45) is -1.67. The van der Waals surface area contributed by atoms with Crippen molar-refractivity contribution < 1.29 is 19.7 Å². The number of carbonyl (C=O) groups is 1. The molecule has 0 amide bonds. The lowest BCUT2D eigenvalue weighted by Gasteiger charge is -2.14. The number of aliphatic carboxylic acids is 1. The summed E-state index contributed by atoms with van der Waals surface area (Å²) in [5, 5.41) is 21.6. The van der Waals surface area contributed by atoms with Gasteiger partial charge in [0.2, 0.25) is 0 Å². The van der Waals surface area contributed by atoms with Crippen molar-refractivity contribution in [2.24, 2.45) is 0 Å². The lowest BCUT2D eigenvalue weighted by atomic mass is 10.0. The van der Waals surface area contributed by atoms with Crippen molar-refractivity contribution in [1.29, 1.82) is 0 Å². The first-order chi connectivity index (χ1) is 9.99. The van der Waals surface area contributed by atoms with Crippen molar-refractivity contribution in [2.75, 3.05) is 0 Å². The number of ether oxygens (including phenoxy) is 1. The number of aliphatic hydroxyl groups excluding tert-OH is 1. The molecule has 110 valence electrons. The van der Waals surface area contributed by atoms with E-state index < -0.39 is 18.2 Å². The third-order valence-corrected chi connectivity index (χ3v) is 5.10. The van der Waals surface area contributed by atoms with Gasteiger partial charge >= 0.3 is 5.97 Å². The highest BCUT2D eigenvalue weighted by Gasteiger charge is 2.33. The number of halogens is 2. The van der Waals surface area contributed by atoms with Gasteiger partial charge in [-0.1, -0.05) is 29.3 Å². The van der Waals surface area contributed by atoms with Crippen LogP contribution in [-0.4, -0.2) is 22.3 Å². The summed E-state index contributed by atoms with van der Waals surface area (Å²) in [7, 11) is 0.